The van der Waals surface area contributed by atoms with Gasteiger partial charge in [-0.2, -0.15) is 0 Å². The summed E-state index contributed by atoms with van der Waals surface area (Å²) in [4.78, 5) is 12.3. The summed E-state index contributed by atoms with van der Waals surface area (Å²) in [5.74, 6) is 0.842. The van der Waals surface area contributed by atoms with E-state index in [1.165, 1.54) is 11.8 Å². The van der Waals surface area contributed by atoms with E-state index in [4.69, 9.17) is 11.6 Å². The van der Waals surface area contributed by atoms with Crippen LogP contribution < -0.4 is 5.32 Å². The summed E-state index contributed by atoms with van der Waals surface area (Å²) in [6.45, 7) is 2.73. The average molecular weight is 531 g/mol. The van der Waals surface area contributed by atoms with Crippen LogP contribution in [-0.2, 0) is 11.3 Å². The van der Waals surface area contributed by atoms with Crippen LogP contribution in [0.3, 0.4) is 0 Å². The second kappa shape index (κ2) is 9.23. The van der Waals surface area contributed by atoms with Gasteiger partial charge in [-0.3, -0.25) is 4.79 Å². The largest absolute Gasteiger partial charge is 0.324 e. The Morgan fingerprint density at radius 1 is 1.15 bits per heavy atom. The number of thioether (sulfide) groups is 1. The first kappa shape index (κ1) is 20.4. The smallest absolute Gasteiger partial charge is 0.234 e. The number of halogens is 3. The van der Waals surface area contributed by atoms with Crippen molar-refractivity contribution in [3.63, 3.8) is 0 Å². The van der Waals surface area contributed by atoms with Gasteiger partial charge in [-0.15, -0.1) is 10.2 Å². The molecule has 140 valence electrons. The molecule has 0 aliphatic heterocycles. The molecule has 1 N–H and O–H groups in total. The Hall–Kier alpha value is -1.35. The zero-order valence-corrected chi connectivity index (χ0v) is 19.0. The zero-order valence-electron chi connectivity index (χ0n) is 14.2. The fourth-order valence-corrected chi connectivity index (χ4v) is 4.19. The summed E-state index contributed by atoms with van der Waals surface area (Å²) in [6.07, 6.45) is 0. The van der Waals surface area contributed by atoms with Crippen LogP contribution in [-0.4, -0.2) is 26.4 Å². The number of aromatic nitrogens is 3. The van der Waals surface area contributed by atoms with E-state index in [-0.39, 0.29) is 11.7 Å². The second-order valence-electron chi connectivity index (χ2n) is 5.52. The molecule has 0 saturated heterocycles. The van der Waals surface area contributed by atoms with Crippen LogP contribution in [0.2, 0.25) is 5.02 Å². The van der Waals surface area contributed by atoms with Gasteiger partial charge in [0.05, 0.1) is 16.5 Å². The first-order valence-electron chi connectivity index (χ1n) is 8.04. The Labute approximate surface area is 183 Å². The maximum atomic E-state index is 12.3. The van der Waals surface area contributed by atoms with Crippen molar-refractivity contribution in [2.45, 2.75) is 18.6 Å². The molecule has 0 fully saturated rings. The van der Waals surface area contributed by atoms with E-state index in [9.17, 15) is 4.79 Å². The van der Waals surface area contributed by atoms with Crippen molar-refractivity contribution in [1.29, 1.82) is 0 Å². The minimum Gasteiger partial charge on any atom is -0.324 e. The molecule has 1 aromatic heterocycles. The van der Waals surface area contributed by atoms with Crippen LogP contribution >= 0.6 is 55.2 Å². The van der Waals surface area contributed by atoms with Gasteiger partial charge in [-0.1, -0.05) is 67.4 Å². The van der Waals surface area contributed by atoms with Crippen molar-refractivity contribution in [2.75, 3.05) is 11.1 Å². The molecule has 2 aromatic carbocycles. The van der Waals surface area contributed by atoms with Crippen molar-refractivity contribution >= 4 is 66.8 Å². The topological polar surface area (TPSA) is 59.8 Å². The third-order valence-corrected chi connectivity index (χ3v) is 5.97. The molecule has 3 aromatic rings. The van der Waals surface area contributed by atoms with Crippen LogP contribution in [0.1, 0.15) is 6.92 Å². The molecule has 0 aliphatic carbocycles. The zero-order chi connectivity index (χ0) is 19.4. The molecule has 0 atom stereocenters. The molecule has 3 rings (SSSR count). The van der Waals surface area contributed by atoms with Gasteiger partial charge in [-0.05, 0) is 37.3 Å². The van der Waals surface area contributed by atoms with Crippen molar-refractivity contribution in [2.24, 2.45) is 0 Å². The van der Waals surface area contributed by atoms with Crippen molar-refractivity contribution in [3.05, 3.63) is 56.4 Å². The van der Waals surface area contributed by atoms with Gasteiger partial charge >= 0.3 is 0 Å². The molecular formula is C18H15Br2ClN4OS. The highest BCUT2D eigenvalue weighted by Gasteiger charge is 2.15. The molecule has 27 heavy (non-hydrogen) atoms. The predicted octanol–water partition coefficient (Wildman–Crippen LogP) is 5.87. The Morgan fingerprint density at radius 2 is 1.85 bits per heavy atom. The summed E-state index contributed by atoms with van der Waals surface area (Å²) in [5, 5.41) is 12.5. The second-order valence-corrected chi connectivity index (χ2v) is 8.70. The third-order valence-electron chi connectivity index (χ3n) is 3.67. The van der Waals surface area contributed by atoms with Gasteiger partial charge in [0, 0.05) is 21.1 Å². The minimum absolute atomic E-state index is 0.153. The molecule has 0 saturated carbocycles. The molecule has 1 amide bonds. The monoisotopic (exact) mass is 528 g/mol. The lowest BCUT2D eigenvalue weighted by Gasteiger charge is -2.09. The van der Waals surface area contributed by atoms with Gasteiger partial charge < -0.3 is 9.88 Å². The molecule has 1 heterocycles. The molecule has 0 unspecified atom stereocenters. The summed E-state index contributed by atoms with van der Waals surface area (Å²) in [6, 6.07) is 13.2. The third kappa shape index (κ3) is 5.13. The molecule has 0 spiro atoms. The van der Waals surface area contributed by atoms with E-state index in [0.717, 1.165) is 20.3 Å². The van der Waals surface area contributed by atoms with Gasteiger partial charge in [0.25, 0.3) is 0 Å². The lowest BCUT2D eigenvalue weighted by atomic mass is 10.2. The fourth-order valence-electron chi connectivity index (χ4n) is 2.40. The number of carbonyl (C=O) groups excluding carboxylic acids is 1. The lowest BCUT2D eigenvalue weighted by Crippen LogP contribution is -2.15. The van der Waals surface area contributed by atoms with Crippen LogP contribution in [0.25, 0.3) is 11.4 Å². The van der Waals surface area contributed by atoms with Crippen molar-refractivity contribution in [3.8, 4) is 11.4 Å². The highest BCUT2D eigenvalue weighted by Crippen LogP contribution is 2.27. The fraction of sp³-hybridized carbons (Fsp3) is 0.167. The van der Waals surface area contributed by atoms with Crippen molar-refractivity contribution in [1.82, 2.24) is 14.8 Å². The number of carbonyl (C=O) groups is 1. The minimum atomic E-state index is -0.153. The van der Waals surface area contributed by atoms with E-state index < -0.39 is 0 Å². The standard InChI is InChI=1S/C18H15Br2ClN4OS/c1-2-25-17(11-3-5-12(19)6-4-11)23-24-18(25)27-10-16(26)22-15-8-7-13(20)9-14(15)21/h3-9H,2,10H2,1H3,(H,22,26). The molecule has 5 nitrogen and oxygen atoms in total. The number of amides is 1. The number of nitrogens with zero attached hydrogens (tertiary/aromatic N) is 3. The van der Waals surface area contributed by atoms with E-state index in [2.05, 4.69) is 47.4 Å². The summed E-state index contributed by atoms with van der Waals surface area (Å²) in [7, 11) is 0. The van der Waals surface area contributed by atoms with Crippen LogP contribution in [0.5, 0.6) is 0 Å². The summed E-state index contributed by atoms with van der Waals surface area (Å²) < 4.78 is 3.86. The van der Waals surface area contributed by atoms with Crippen LogP contribution in [0.15, 0.2) is 56.6 Å². The first-order valence-corrected chi connectivity index (χ1v) is 11.0. The number of nitrogens with one attached hydrogen (secondary N) is 1. The average Bonchev–Trinajstić information content (AvgIpc) is 3.06. The number of rotatable bonds is 6. The Balaban J connectivity index is 1.69. The van der Waals surface area contributed by atoms with Gasteiger partial charge in [0.15, 0.2) is 11.0 Å². The van der Waals surface area contributed by atoms with E-state index in [1.54, 1.807) is 12.1 Å². The van der Waals surface area contributed by atoms with Crippen molar-refractivity contribution < 1.29 is 4.79 Å². The molecule has 0 radical (unpaired) electrons. The molecule has 0 aliphatic rings. The maximum absolute atomic E-state index is 12.3. The molecule has 9 heteroatoms. The van der Waals surface area contributed by atoms with Gasteiger partial charge in [0.2, 0.25) is 5.91 Å². The Morgan fingerprint density at radius 3 is 2.52 bits per heavy atom. The van der Waals surface area contributed by atoms with Gasteiger partial charge in [0.1, 0.15) is 0 Å². The highest BCUT2D eigenvalue weighted by atomic mass is 79.9. The number of benzene rings is 2. The SMILES string of the molecule is CCn1c(SCC(=O)Nc2ccc(Br)cc2Cl)nnc1-c1ccc(Br)cc1. The number of hydrogen-bond donors (Lipinski definition) is 1. The molecular weight excluding hydrogens is 516 g/mol. The summed E-state index contributed by atoms with van der Waals surface area (Å²) in [5.41, 5.74) is 1.56. The van der Waals surface area contributed by atoms with E-state index in [0.29, 0.717) is 22.4 Å². The van der Waals surface area contributed by atoms with Crippen LogP contribution in [0, 0.1) is 0 Å². The number of anilines is 1. The number of hydrogen-bond acceptors (Lipinski definition) is 4. The maximum Gasteiger partial charge on any atom is 0.234 e. The lowest BCUT2D eigenvalue weighted by molar-refractivity contribution is -0.113. The normalized spacial score (nSPS) is 10.8. The first-order chi connectivity index (χ1) is 13.0. The predicted molar refractivity (Wildman–Crippen MR) is 117 cm³/mol. The molecule has 0 bridgehead atoms. The van der Waals surface area contributed by atoms with Crippen LogP contribution in [0.4, 0.5) is 5.69 Å². The summed E-state index contributed by atoms with van der Waals surface area (Å²) >= 11 is 14.3. The Kier molecular flexibility index (Phi) is 6.97. The van der Waals surface area contributed by atoms with E-state index >= 15 is 0 Å². The van der Waals surface area contributed by atoms with Gasteiger partial charge in [-0.25, -0.2) is 0 Å². The highest BCUT2D eigenvalue weighted by molar-refractivity contribution is 9.10. The quantitative estimate of drug-likeness (QED) is 0.405. The Bertz CT molecular complexity index is 962. The van der Waals surface area contributed by atoms with E-state index in [1.807, 2.05) is 41.8 Å².